The van der Waals surface area contributed by atoms with E-state index in [1.165, 1.54) is 29.2 Å². The minimum atomic E-state index is -0.436. The number of hydrogen-bond donors (Lipinski definition) is 1. The van der Waals surface area contributed by atoms with E-state index in [1.807, 2.05) is 49.5 Å². The van der Waals surface area contributed by atoms with E-state index in [-0.39, 0.29) is 25.1 Å². The molecule has 9 heteroatoms. The van der Waals surface area contributed by atoms with Gasteiger partial charge in [0, 0.05) is 41.2 Å². The van der Waals surface area contributed by atoms with Crippen LogP contribution in [0.2, 0.25) is 5.02 Å². The zero-order chi connectivity index (χ0) is 27.4. The van der Waals surface area contributed by atoms with Gasteiger partial charge in [0.25, 0.3) is 5.91 Å². The fourth-order valence-corrected chi connectivity index (χ4v) is 4.62. The first-order valence-corrected chi connectivity index (χ1v) is 13.1. The number of aryl methyl sites for hydroxylation is 1. The normalized spacial score (nSPS) is 14.8. The Morgan fingerprint density at radius 3 is 2.46 bits per heavy atom. The minimum Gasteiger partial charge on any atom is -0.376 e. The Balaban J connectivity index is 1.41. The summed E-state index contributed by atoms with van der Waals surface area (Å²) in [6, 6.07) is 20.4. The zero-order valence-corrected chi connectivity index (χ0v) is 22.2. The number of carbonyl (C=O) groups is 2. The van der Waals surface area contributed by atoms with Crippen LogP contribution >= 0.6 is 11.6 Å². The molecule has 200 valence electrons. The SMILES string of the molecule is Cc1ccc(-n2cc(-c3ccc(Cl)cc3)nc2NC(=O)CN(CC2CCCO2)C(=O)c2ccc(F)cc2)cc1. The molecular formula is C30H28ClFN4O3. The Labute approximate surface area is 231 Å². The molecule has 39 heavy (non-hydrogen) atoms. The second kappa shape index (κ2) is 11.8. The van der Waals surface area contributed by atoms with Crippen LogP contribution in [-0.2, 0) is 9.53 Å². The summed E-state index contributed by atoms with van der Waals surface area (Å²) in [6.45, 7) is 2.66. The maximum Gasteiger partial charge on any atom is 0.254 e. The molecule has 0 bridgehead atoms. The van der Waals surface area contributed by atoms with Crippen LogP contribution in [-0.4, -0.2) is 52.1 Å². The smallest absolute Gasteiger partial charge is 0.254 e. The highest BCUT2D eigenvalue weighted by atomic mass is 35.5. The largest absolute Gasteiger partial charge is 0.376 e. The molecule has 0 radical (unpaired) electrons. The summed E-state index contributed by atoms with van der Waals surface area (Å²) >= 11 is 6.06. The van der Waals surface area contributed by atoms with Gasteiger partial charge in [-0.2, -0.15) is 0 Å². The number of anilines is 1. The van der Waals surface area contributed by atoms with E-state index < -0.39 is 11.7 Å². The summed E-state index contributed by atoms with van der Waals surface area (Å²) in [5.74, 6) is -0.899. The summed E-state index contributed by atoms with van der Waals surface area (Å²) in [7, 11) is 0. The molecule has 0 aliphatic carbocycles. The number of benzene rings is 3. The number of carbonyl (C=O) groups excluding carboxylic acids is 2. The predicted octanol–water partition coefficient (Wildman–Crippen LogP) is 5.90. The summed E-state index contributed by atoms with van der Waals surface area (Å²) < 4.78 is 21.0. The highest BCUT2D eigenvalue weighted by Gasteiger charge is 2.26. The Kier molecular flexibility index (Phi) is 8.05. The van der Waals surface area contributed by atoms with E-state index in [9.17, 15) is 14.0 Å². The van der Waals surface area contributed by atoms with Gasteiger partial charge in [0.2, 0.25) is 11.9 Å². The fraction of sp³-hybridized carbons (Fsp3) is 0.233. The van der Waals surface area contributed by atoms with Gasteiger partial charge in [-0.25, -0.2) is 9.37 Å². The van der Waals surface area contributed by atoms with Crippen molar-refractivity contribution in [3.8, 4) is 16.9 Å². The second-order valence-electron chi connectivity index (χ2n) is 9.54. The topological polar surface area (TPSA) is 76.5 Å². The third-order valence-corrected chi connectivity index (χ3v) is 6.82. The first-order chi connectivity index (χ1) is 18.9. The lowest BCUT2D eigenvalue weighted by Crippen LogP contribution is -2.42. The van der Waals surface area contributed by atoms with Crippen molar-refractivity contribution in [3.63, 3.8) is 0 Å². The minimum absolute atomic E-state index is 0.159. The number of amides is 2. The number of aromatic nitrogens is 2. The molecule has 1 aliphatic rings. The number of ether oxygens (including phenoxy) is 1. The van der Waals surface area contributed by atoms with Gasteiger partial charge in [-0.15, -0.1) is 0 Å². The Bertz CT molecular complexity index is 1450. The van der Waals surface area contributed by atoms with Gasteiger partial charge in [-0.05, 0) is 68.3 Å². The molecule has 1 aliphatic heterocycles. The summed E-state index contributed by atoms with van der Waals surface area (Å²) in [5.41, 5.74) is 3.72. The van der Waals surface area contributed by atoms with Crippen LogP contribution in [0, 0.1) is 12.7 Å². The molecule has 1 aromatic heterocycles. The number of nitrogens with zero attached hydrogens (tertiary/aromatic N) is 3. The number of rotatable bonds is 8. The molecule has 5 rings (SSSR count). The van der Waals surface area contributed by atoms with Crippen LogP contribution in [0.25, 0.3) is 16.9 Å². The third-order valence-electron chi connectivity index (χ3n) is 6.57. The highest BCUT2D eigenvalue weighted by molar-refractivity contribution is 6.30. The summed E-state index contributed by atoms with van der Waals surface area (Å²) in [6.07, 6.45) is 3.39. The van der Waals surface area contributed by atoms with Gasteiger partial charge in [0.1, 0.15) is 12.4 Å². The van der Waals surface area contributed by atoms with E-state index >= 15 is 0 Å². The highest BCUT2D eigenvalue weighted by Crippen LogP contribution is 2.26. The molecule has 1 atom stereocenters. The van der Waals surface area contributed by atoms with Crippen molar-refractivity contribution < 1.29 is 18.7 Å². The number of imidazole rings is 1. The maximum atomic E-state index is 13.5. The van der Waals surface area contributed by atoms with E-state index in [0.29, 0.717) is 28.8 Å². The lowest BCUT2D eigenvalue weighted by molar-refractivity contribution is -0.117. The van der Waals surface area contributed by atoms with Crippen LogP contribution in [0.4, 0.5) is 10.3 Å². The molecule has 4 aromatic rings. The van der Waals surface area contributed by atoms with Crippen LogP contribution < -0.4 is 5.32 Å². The number of nitrogens with one attached hydrogen (secondary N) is 1. The van der Waals surface area contributed by atoms with Crippen LogP contribution in [0.5, 0.6) is 0 Å². The Morgan fingerprint density at radius 2 is 1.79 bits per heavy atom. The summed E-state index contributed by atoms with van der Waals surface area (Å²) in [5, 5.41) is 3.50. The molecular weight excluding hydrogens is 519 g/mol. The summed E-state index contributed by atoms with van der Waals surface area (Å²) in [4.78, 5) is 32.8. The van der Waals surface area contributed by atoms with Gasteiger partial charge >= 0.3 is 0 Å². The van der Waals surface area contributed by atoms with Crippen molar-refractivity contribution in [1.29, 1.82) is 0 Å². The van der Waals surface area contributed by atoms with Gasteiger partial charge in [-0.1, -0.05) is 41.4 Å². The second-order valence-corrected chi connectivity index (χ2v) is 9.97. The predicted molar refractivity (Wildman–Crippen MR) is 149 cm³/mol. The van der Waals surface area contributed by atoms with E-state index in [2.05, 4.69) is 5.32 Å². The van der Waals surface area contributed by atoms with Crippen molar-refractivity contribution in [2.45, 2.75) is 25.9 Å². The number of hydrogen-bond acceptors (Lipinski definition) is 4. The molecule has 2 amide bonds. The molecule has 2 heterocycles. The molecule has 1 N–H and O–H groups in total. The van der Waals surface area contributed by atoms with E-state index in [0.717, 1.165) is 29.7 Å². The molecule has 0 spiro atoms. The molecule has 1 unspecified atom stereocenters. The van der Waals surface area contributed by atoms with Crippen molar-refractivity contribution in [2.24, 2.45) is 0 Å². The van der Waals surface area contributed by atoms with Gasteiger partial charge < -0.3 is 9.64 Å². The van der Waals surface area contributed by atoms with Crippen molar-refractivity contribution >= 4 is 29.4 Å². The van der Waals surface area contributed by atoms with Crippen molar-refractivity contribution in [1.82, 2.24) is 14.5 Å². The lowest BCUT2D eigenvalue weighted by Gasteiger charge is -2.25. The van der Waals surface area contributed by atoms with Crippen molar-refractivity contribution in [3.05, 3.63) is 101 Å². The molecule has 1 saturated heterocycles. The maximum absolute atomic E-state index is 13.5. The van der Waals surface area contributed by atoms with Crippen LogP contribution in [0.1, 0.15) is 28.8 Å². The van der Waals surface area contributed by atoms with Gasteiger partial charge in [-0.3, -0.25) is 19.5 Å². The van der Waals surface area contributed by atoms with Gasteiger partial charge in [0.05, 0.1) is 11.8 Å². The molecule has 7 nitrogen and oxygen atoms in total. The van der Waals surface area contributed by atoms with Gasteiger partial charge in [0.15, 0.2) is 0 Å². The van der Waals surface area contributed by atoms with Crippen LogP contribution in [0.15, 0.2) is 79.0 Å². The molecule has 0 saturated carbocycles. The van der Waals surface area contributed by atoms with Crippen molar-refractivity contribution in [2.75, 3.05) is 25.0 Å². The van der Waals surface area contributed by atoms with E-state index in [4.69, 9.17) is 21.3 Å². The average Bonchev–Trinajstić information content (AvgIpc) is 3.59. The number of halogens is 2. The Hall–Kier alpha value is -4.01. The zero-order valence-electron chi connectivity index (χ0n) is 21.4. The molecule has 3 aromatic carbocycles. The standard InChI is InChI=1S/C30H28ClFN4O3/c1-20-4-14-25(15-5-20)36-18-27(21-6-10-23(31)11-7-21)33-30(36)34-28(37)19-35(17-26-3-2-16-39-26)29(38)22-8-12-24(32)13-9-22/h4-15,18,26H,2-3,16-17,19H2,1H3,(H,33,34,37). The quantitative estimate of drug-likeness (QED) is 0.298. The average molecular weight is 547 g/mol. The monoisotopic (exact) mass is 546 g/mol. The third kappa shape index (κ3) is 6.53. The molecule has 1 fully saturated rings. The lowest BCUT2D eigenvalue weighted by atomic mass is 10.1. The van der Waals surface area contributed by atoms with E-state index in [1.54, 1.807) is 16.7 Å². The van der Waals surface area contributed by atoms with Crippen LogP contribution in [0.3, 0.4) is 0 Å². The fourth-order valence-electron chi connectivity index (χ4n) is 4.50. The first kappa shape index (κ1) is 26.6. The Morgan fingerprint density at radius 1 is 1.08 bits per heavy atom. The first-order valence-electron chi connectivity index (χ1n) is 12.7.